The molecule has 198 valence electrons. The average Bonchev–Trinajstić information content (AvgIpc) is 2.91. The van der Waals surface area contributed by atoms with Crippen LogP contribution in [0.15, 0.2) is 24.3 Å². The Morgan fingerprint density at radius 1 is 0.605 bits per heavy atom. The van der Waals surface area contributed by atoms with Crippen LogP contribution in [0.4, 0.5) is 11.6 Å². The number of carbonyl (C=O) groups is 4. The lowest BCUT2D eigenvalue weighted by Gasteiger charge is -2.57. The summed E-state index contributed by atoms with van der Waals surface area (Å²) in [6, 6.07) is 7.68. The number of amides is 4. The first-order valence-corrected chi connectivity index (χ1v) is 13.9. The van der Waals surface area contributed by atoms with E-state index in [4.69, 9.17) is 0 Å². The third kappa shape index (κ3) is 3.48. The van der Waals surface area contributed by atoms with E-state index in [1.54, 1.807) is 0 Å². The smallest absolute Gasteiger partial charge is 0.238 e. The van der Waals surface area contributed by atoms with Crippen molar-refractivity contribution in [2.75, 3.05) is 9.80 Å². The molecular formula is C30H34N4O4. The molecule has 4 fully saturated rings. The molecular weight excluding hydrogens is 480 g/mol. The molecule has 0 radical (unpaired) electrons. The van der Waals surface area contributed by atoms with Gasteiger partial charge < -0.3 is 0 Å². The van der Waals surface area contributed by atoms with Gasteiger partial charge in [0.05, 0.1) is 0 Å². The van der Waals surface area contributed by atoms with Crippen molar-refractivity contribution in [2.24, 2.45) is 35.5 Å². The molecule has 2 aromatic rings. The van der Waals surface area contributed by atoms with Crippen LogP contribution in [0.25, 0.3) is 0 Å². The van der Waals surface area contributed by atoms with E-state index >= 15 is 0 Å². The van der Waals surface area contributed by atoms with Gasteiger partial charge in [-0.25, -0.2) is 19.8 Å². The molecule has 4 unspecified atom stereocenters. The van der Waals surface area contributed by atoms with Gasteiger partial charge in [-0.1, -0.05) is 26.0 Å². The molecule has 0 spiro atoms. The van der Waals surface area contributed by atoms with Crippen LogP contribution in [-0.2, 0) is 32.0 Å². The zero-order chi connectivity index (χ0) is 26.9. The van der Waals surface area contributed by atoms with Gasteiger partial charge >= 0.3 is 0 Å². The molecule has 2 saturated heterocycles. The molecule has 4 aliphatic rings. The van der Waals surface area contributed by atoms with Crippen LogP contribution < -0.4 is 9.80 Å². The van der Waals surface area contributed by atoms with E-state index in [0.29, 0.717) is 50.2 Å². The first kappa shape index (κ1) is 24.9. The highest BCUT2D eigenvalue weighted by Gasteiger charge is 2.63. The monoisotopic (exact) mass is 514 g/mol. The highest BCUT2D eigenvalue weighted by molar-refractivity contribution is 6.20. The van der Waals surface area contributed by atoms with E-state index < -0.39 is 0 Å². The summed E-state index contributed by atoms with van der Waals surface area (Å²) in [5.74, 6) is -2.11. The zero-order valence-electron chi connectivity index (χ0n) is 22.4. The largest absolute Gasteiger partial charge is 0.274 e. The summed E-state index contributed by atoms with van der Waals surface area (Å²) in [6.45, 7) is 7.70. The minimum atomic E-state index is -0.385. The van der Waals surface area contributed by atoms with Crippen molar-refractivity contribution in [2.45, 2.75) is 66.2 Å². The van der Waals surface area contributed by atoms with Gasteiger partial charge in [-0.3, -0.25) is 19.2 Å². The number of hydrogen-bond donors (Lipinski definition) is 0. The predicted molar refractivity (Wildman–Crippen MR) is 141 cm³/mol. The van der Waals surface area contributed by atoms with Crippen molar-refractivity contribution in [3.8, 4) is 0 Å². The second kappa shape index (κ2) is 9.10. The van der Waals surface area contributed by atoms with Crippen LogP contribution in [0.1, 0.15) is 62.0 Å². The van der Waals surface area contributed by atoms with Crippen molar-refractivity contribution in [3.63, 3.8) is 0 Å². The van der Waals surface area contributed by atoms with Crippen LogP contribution in [0, 0.1) is 49.4 Å². The topological polar surface area (TPSA) is 101 Å². The minimum absolute atomic E-state index is 0.223. The predicted octanol–water partition coefficient (Wildman–Crippen LogP) is 3.95. The van der Waals surface area contributed by atoms with Crippen LogP contribution >= 0.6 is 0 Å². The Morgan fingerprint density at radius 2 is 0.921 bits per heavy atom. The molecule has 4 heterocycles. The quantitative estimate of drug-likeness (QED) is 0.573. The maximum atomic E-state index is 13.9. The lowest BCUT2D eigenvalue weighted by atomic mass is 9.50. The molecule has 0 bridgehead atoms. The van der Waals surface area contributed by atoms with E-state index in [1.807, 2.05) is 52.0 Å². The number of aromatic nitrogens is 2. The maximum absolute atomic E-state index is 13.9. The van der Waals surface area contributed by atoms with Gasteiger partial charge in [0.25, 0.3) is 0 Å². The highest BCUT2D eigenvalue weighted by Crippen LogP contribution is 2.57. The van der Waals surface area contributed by atoms with Gasteiger partial charge in [-0.05, 0) is 87.5 Å². The Labute approximate surface area is 222 Å². The van der Waals surface area contributed by atoms with Gasteiger partial charge in [0, 0.05) is 35.1 Å². The molecule has 0 N–H and O–H groups in total. The number of hydrogen-bond acceptors (Lipinski definition) is 6. The fourth-order valence-electron chi connectivity index (χ4n) is 7.66. The Kier molecular flexibility index (Phi) is 5.96. The molecule has 8 nitrogen and oxygen atoms in total. The van der Waals surface area contributed by atoms with Crippen LogP contribution in [0.2, 0.25) is 0 Å². The second-order valence-corrected chi connectivity index (χ2v) is 11.3. The third-order valence-electron chi connectivity index (χ3n) is 9.41. The Balaban J connectivity index is 1.38. The van der Waals surface area contributed by atoms with E-state index in [2.05, 4.69) is 9.97 Å². The summed E-state index contributed by atoms with van der Waals surface area (Å²) in [4.78, 5) is 67.7. The van der Waals surface area contributed by atoms with Crippen LogP contribution in [0.3, 0.4) is 0 Å². The van der Waals surface area contributed by atoms with E-state index in [-0.39, 0.29) is 59.1 Å². The molecule has 38 heavy (non-hydrogen) atoms. The minimum Gasteiger partial charge on any atom is -0.274 e. The SMILES string of the molecule is CCc1ccc(C)nc1N1C(=O)C2CCC3C(=O)N(c4nc(C)ccc4CC)C(=O)C4CCC(C1=O)C2C34. The lowest BCUT2D eigenvalue weighted by Crippen LogP contribution is -2.67. The van der Waals surface area contributed by atoms with E-state index in [9.17, 15) is 19.2 Å². The number of carbonyl (C=O) groups excluding carboxylic acids is 4. The lowest BCUT2D eigenvalue weighted by molar-refractivity contribution is -0.162. The normalized spacial score (nSPS) is 30.5. The average molecular weight is 515 g/mol. The molecule has 2 aliphatic heterocycles. The highest BCUT2D eigenvalue weighted by atomic mass is 16.2. The van der Waals surface area contributed by atoms with Crippen LogP contribution in [-0.4, -0.2) is 33.6 Å². The number of imide groups is 2. The Bertz CT molecular complexity index is 1220. The summed E-state index contributed by atoms with van der Waals surface area (Å²) in [5, 5.41) is 0. The van der Waals surface area contributed by atoms with Gasteiger partial charge in [-0.2, -0.15) is 0 Å². The van der Waals surface area contributed by atoms with Gasteiger partial charge in [0.15, 0.2) is 0 Å². The van der Waals surface area contributed by atoms with Crippen molar-refractivity contribution in [3.05, 3.63) is 46.8 Å². The number of nitrogens with zero attached hydrogens (tertiary/aromatic N) is 4. The summed E-state index contributed by atoms with van der Waals surface area (Å²) in [5.41, 5.74) is 3.25. The molecule has 0 aromatic carbocycles. The molecule has 4 amide bonds. The fraction of sp³-hybridized carbons (Fsp3) is 0.533. The number of anilines is 2. The number of rotatable bonds is 4. The molecule has 6 rings (SSSR count). The summed E-state index contributed by atoms with van der Waals surface area (Å²) >= 11 is 0. The third-order valence-corrected chi connectivity index (χ3v) is 9.41. The Morgan fingerprint density at radius 3 is 1.21 bits per heavy atom. The zero-order valence-corrected chi connectivity index (χ0v) is 22.4. The summed E-state index contributed by atoms with van der Waals surface area (Å²) < 4.78 is 0. The van der Waals surface area contributed by atoms with Crippen LogP contribution in [0.5, 0.6) is 0 Å². The number of pyridine rings is 2. The van der Waals surface area contributed by atoms with E-state index in [1.165, 1.54) is 9.80 Å². The molecule has 2 aromatic heterocycles. The molecule has 8 heteroatoms. The van der Waals surface area contributed by atoms with Crippen molar-refractivity contribution in [1.82, 2.24) is 9.97 Å². The van der Waals surface area contributed by atoms with Crippen molar-refractivity contribution in [1.29, 1.82) is 0 Å². The van der Waals surface area contributed by atoms with Gasteiger partial charge in [0.1, 0.15) is 11.6 Å². The van der Waals surface area contributed by atoms with Crippen molar-refractivity contribution < 1.29 is 19.2 Å². The first-order valence-electron chi connectivity index (χ1n) is 13.9. The van der Waals surface area contributed by atoms with Crippen molar-refractivity contribution >= 4 is 35.3 Å². The molecule has 2 saturated carbocycles. The maximum Gasteiger partial charge on any atom is 0.238 e. The van der Waals surface area contributed by atoms with Gasteiger partial charge in [-0.15, -0.1) is 0 Å². The van der Waals surface area contributed by atoms with Gasteiger partial charge in [0.2, 0.25) is 23.6 Å². The summed E-state index contributed by atoms with van der Waals surface area (Å²) in [7, 11) is 0. The second-order valence-electron chi connectivity index (χ2n) is 11.3. The standard InChI is InChI=1S/C30H34N4O4/c1-5-17-9-7-15(3)31-25(17)33-27(35)19-11-13-21-24-22(14-12-20(23(19)24)28(33)36)30(38)34(29(21)37)26-18(6-2)10-8-16(4)32-26/h7-10,19-24H,5-6,11-14H2,1-4H3. The fourth-order valence-corrected chi connectivity index (χ4v) is 7.66. The Hall–Kier alpha value is -3.42. The molecule has 4 atom stereocenters. The molecule has 2 aliphatic carbocycles. The summed E-state index contributed by atoms with van der Waals surface area (Å²) in [6.07, 6.45) is 3.44. The number of piperidine rings is 2. The van der Waals surface area contributed by atoms with E-state index in [0.717, 1.165) is 22.5 Å². The first-order chi connectivity index (χ1) is 18.3. The number of aryl methyl sites for hydroxylation is 4.